The van der Waals surface area contributed by atoms with Gasteiger partial charge in [-0.25, -0.2) is 9.78 Å². The molecule has 0 aliphatic rings. The predicted octanol–water partition coefficient (Wildman–Crippen LogP) is 5.04. The quantitative estimate of drug-likeness (QED) is 0.510. The van der Waals surface area contributed by atoms with Crippen molar-refractivity contribution < 1.29 is 9.15 Å². The minimum atomic E-state index is -0.536. The summed E-state index contributed by atoms with van der Waals surface area (Å²) >= 11 is 12.5. The van der Waals surface area contributed by atoms with Crippen LogP contribution >= 0.6 is 23.2 Å². The maximum Gasteiger partial charge on any atom is 0.347 e. The minimum absolute atomic E-state index is 0.265. The molecule has 4 rings (SSSR count). The van der Waals surface area contributed by atoms with Gasteiger partial charge in [0.25, 0.3) is 0 Å². The first-order valence-electron chi connectivity index (χ1n) is 7.62. The van der Waals surface area contributed by atoms with E-state index in [0.717, 1.165) is 11.0 Å². The van der Waals surface area contributed by atoms with Crippen LogP contribution in [0.15, 0.2) is 45.6 Å². The molecule has 126 valence electrons. The number of nitrogens with zero attached hydrogens (tertiary/aromatic N) is 1. The van der Waals surface area contributed by atoms with Gasteiger partial charge in [0.15, 0.2) is 11.3 Å². The van der Waals surface area contributed by atoms with E-state index in [2.05, 4.69) is 9.97 Å². The number of rotatable bonds is 3. The molecule has 0 saturated carbocycles. The first-order chi connectivity index (χ1) is 12.1. The monoisotopic (exact) mass is 374 g/mol. The molecule has 0 bridgehead atoms. The topological polar surface area (TPSA) is 68.1 Å². The Bertz CT molecular complexity index is 1130. The van der Waals surface area contributed by atoms with Gasteiger partial charge in [-0.2, -0.15) is 0 Å². The number of fused-ring (bicyclic) bond motifs is 2. The Labute approximate surface area is 152 Å². The van der Waals surface area contributed by atoms with Crippen LogP contribution in [0.4, 0.5) is 0 Å². The van der Waals surface area contributed by atoms with E-state index in [1.807, 2.05) is 31.2 Å². The fourth-order valence-electron chi connectivity index (χ4n) is 2.70. The van der Waals surface area contributed by atoms with Crippen molar-refractivity contribution in [3.05, 3.63) is 56.9 Å². The molecule has 0 aliphatic heterocycles. The Morgan fingerprint density at radius 1 is 1.24 bits per heavy atom. The van der Waals surface area contributed by atoms with E-state index in [1.165, 1.54) is 0 Å². The van der Waals surface area contributed by atoms with E-state index in [0.29, 0.717) is 33.6 Å². The molecular formula is C18H12Cl2N2O3. The fourth-order valence-corrected chi connectivity index (χ4v) is 3.09. The first-order valence-corrected chi connectivity index (χ1v) is 8.38. The third-order valence-corrected chi connectivity index (χ3v) is 4.62. The Morgan fingerprint density at radius 3 is 2.80 bits per heavy atom. The third kappa shape index (κ3) is 2.65. The Morgan fingerprint density at radius 2 is 2.04 bits per heavy atom. The second kappa shape index (κ2) is 6.10. The first kappa shape index (κ1) is 16.0. The van der Waals surface area contributed by atoms with Gasteiger partial charge in [0.2, 0.25) is 0 Å². The van der Waals surface area contributed by atoms with Gasteiger partial charge in [0, 0.05) is 11.5 Å². The molecule has 25 heavy (non-hydrogen) atoms. The smallest absolute Gasteiger partial charge is 0.347 e. The standard InChI is InChI=1S/C18H12Cl2N2O3/c1-2-24-14-8-11(19)15(20)9-7-10(18(23)25-16(9)14)17-21-12-5-3-4-6-13(12)22-17/h3-8H,2H2,1H3,(H,21,22). The summed E-state index contributed by atoms with van der Waals surface area (Å²) in [6, 6.07) is 10.7. The van der Waals surface area contributed by atoms with E-state index in [1.54, 1.807) is 12.1 Å². The number of hydrogen-bond acceptors (Lipinski definition) is 4. The molecule has 2 heterocycles. The molecule has 0 fully saturated rings. The second-order valence-electron chi connectivity index (χ2n) is 5.40. The maximum absolute atomic E-state index is 12.5. The molecule has 2 aromatic carbocycles. The lowest BCUT2D eigenvalue weighted by Crippen LogP contribution is -2.05. The molecule has 0 amide bonds. The molecule has 5 nitrogen and oxygen atoms in total. The molecular weight excluding hydrogens is 363 g/mol. The number of aromatic nitrogens is 2. The van der Waals surface area contributed by atoms with Crippen molar-refractivity contribution in [2.45, 2.75) is 6.92 Å². The Hall–Kier alpha value is -2.50. The highest BCUT2D eigenvalue weighted by Gasteiger charge is 2.18. The lowest BCUT2D eigenvalue weighted by atomic mass is 10.1. The maximum atomic E-state index is 12.5. The molecule has 0 atom stereocenters. The zero-order chi connectivity index (χ0) is 17.6. The lowest BCUT2D eigenvalue weighted by Gasteiger charge is -2.09. The number of halogens is 2. The van der Waals surface area contributed by atoms with Crippen LogP contribution in [-0.2, 0) is 0 Å². The normalized spacial score (nSPS) is 11.3. The van der Waals surface area contributed by atoms with Gasteiger partial charge in [0.1, 0.15) is 11.4 Å². The summed E-state index contributed by atoms with van der Waals surface area (Å²) in [5.41, 5.74) is 1.58. The van der Waals surface area contributed by atoms with E-state index < -0.39 is 5.63 Å². The molecule has 0 spiro atoms. The van der Waals surface area contributed by atoms with Crippen molar-refractivity contribution in [2.75, 3.05) is 6.61 Å². The Kier molecular flexibility index (Phi) is 3.90. The van der Waals surface area contributed by atoms with Gasteiger partial charge in [-0.05, 0) is 25.1 Å². The summed E-state index contributed by atoms with van der Waals surface area (Å²) in [5, 5.41) is 1.11. The summed E-state index contributed by atoms with van der Waals surface area (Å²) < 4.78 is 11.0. The van der Waals surface area contributed by atoms with E-state index in [9.17, 15) is 4.79 Å². The highest BCUT2D eigenvalue weighted by molar-refractivity contribution is 6.45. The minimum Gasteiger partial charge on any atom is -0.490 e. The van der Waals surface area contributed by atoms with Crippen LogP contribution in [-0.4, -0.2) is 16.6 Å². The van der Waals surface area contributed by atoms with Crippen molar-refractivity contribution in [1.82, 2.24) is 9.97 Å². The highest BCUT2D eigenvalue weighted by Crippen LogP contribution is 2.38. The highest BCUT2D eigenvalue weighted by atomic mass is 35.5. The third-order valence-electron chi connectivity index (χ3n) is 3.82. The predicted molar refractivity (Wildman–Crippen MR) is 98.8 cm³/mol. The number of imidazole rings is 1. The van der Waals surface area contributed by atoms with Crippen molar-refractivity contribution in [3.63, 3.8) is 0 Å². The van der Waals surface area contributed by atoms with Gasteiger partial charge in [-0.1, -0.05) is 35.3 Å². The van der Waals surface area contributed by atoms with Crippen molar-refractivity contribution in [1.29, 1.82) is 0 Å². The second-order valence-corrected chi connectivity index (χ2v) is 6.18. The summed E-state index contributed by atoms with van der Waals surface area (Å²) in [6.45, 7) is 2.23. The van der Waals surface area contributed by atoms with Crippen LogP contribution in [0.2, 0.25) is 10.0 Å². The van der Waals surface area contributed by atoms with Crippen LogP contribution in [0.5, 0.6) is 5.75 Å². The number of aromatic amines is 1. The van der Waals surface area contributed by atoms with Crippen LogP contribution in [0.1, 0.15) is 6.92 Å². The molecule has 0 unspecified atom stereocenters. The van der Waals surface area contributed by atoms with Crippen LogP contribution in [0, 0.1) is 0 Å². The van der Waals surface area contributed by atoms with Crippen molar-refractivity contribution in [2.24, 2.45) is 0 Å². The van der Waals surface area contributed by atoms with E-state index in [4.69, 9.17) is 32.4 Å². The number of para-hydroxylation sites is 2. The van der Waals surface area contributed by atoms with Crippen LogP contribution in [0.25, 0.3) is 33.4 Å². The fraction of sp³-hybridized carbons (Fsp3) is 0.111. The molecule has 0 radical (unpaired) electrons. The number of benzene rings is 2. The van der Waals surface area contributed by atoms with Crippen LogP contribution in [0.3, 0.4) is 0 Å². The number of nitrogens with one attached hydrogen (secondary N) is 1. The SMILES string of the molecule is CCOc1cc(Cl)c(Cl)c2cc(-c3nc4ccccc4[nH]3)c(=O)oc12. The van der Waals surface area contributed by atoms with Gasteiger partial charge in [0.05, 0.1) is 27.7 Å². The molecule has 0 saturated heterocycles. The summed E-state index contributed by atoms with van der Waals surface area (Å²) in [5.74, 6) is 0.783. The number of H-pyrrole nitrogens is 1. The van der Waals surface area contributed by atoms with Crippen molar-refractivity contribution in [3.8, 4) is 17.1 Å². The van der Waals surface area contributed by atoms with Gasteiger partial charge < -0.3 is 14.1 Å². The number of hydrogen-bond donors (Lipinski definition) is 1. The zero-order valence-corrected chi connectivity index (χ0v) is 14.6. The largest absolute Gasteiger partial charge is 0.490 e. The van der Waals surface area contributed by atoms with Crippen molar-refractivity contribution >= 4 is 45.2 Å². The van der Waals surface area contributed by atoms with Gasteiger partial charge in [-0.3, -0.25) is 0 Å². The summed E-state index contributed by atoms with van der Waals surface area (Å²) in [4.78, 5) is 20.1. The zero-order valence-electron chi connectivity index (χ0n) is 13.1. The summed E-state index contributed by atoms with van der Waals surface area (Å²) in [7, 11) is 0. The average molecular weight is 375 g/mol. The van der Waals surface area contributed by atoms with Gasteiger partial charge in [-0.15, -0.1) is 0 Å². The lowest BCUT2D eigenvalue weighted by molar-refractivity contribution is 0.337. The van der Waals surface area contributed by atoms with E-state index in [-0.39, 0.29) is 11.1 Å². The summed E-state index contributed by atoms with van der Waals surface area (Å²) in [6.07, 6.45) is 0. The van der Waals surface area contributed by atoms with Gasteiger partial charge >= 0.3 is 5.63 Å². The number of ether oxygens (including phenoxy) is 1. The Balaban J connectivity index is 2.01. The average Bonchev–Trinajstić information content (AvgIpc) is 3.03. The van der Waals surface area contributed by atoms with Crippen LogP contribution < -0.4 is 10.4 Å². The molecule has 4 aromatic rings. The molecule has 7 heteroatoms. The molecule has 1 N–H and O–H groups in total. The van der Waals surface area contributed by atoms with E-state index >= 15 is 0 Å². The molecule has 0 aliphatic carbocycles. The molecule has 2 aromatic heterocycles.